The molecule has 1 rings (SSSR count). The summed E-state index contributed by atoms with van der Waals surface area (Å²) in [6, 6.07) is 0. The Kier molecular flexibility index (Phi) is 3.16. The van der Waals surface area contributed by atoms with Crippen molar-refractivity contribution in [3.63, 3.8) is 0 Å². The van der Waals surface area contributed by atoms with Gasteiger partial charge in [-0.25, -0.2) is 0 Å². The molecule has 0 aromatic carbocycles. The molecule has 2 atom stereocenters. The molecule has 1 saturated carbocycles. The van der Waals surface area contributed by atoms with Crippen molar-refractivity contribution in [3.8, 4) is 0 Å². The average molecular weight is 188 g/mol. The van der Waals surface area contributed by atoms with E-state index in [9.17, 15) is 20.2 Å². The summed E-state index contributed by atoms with van der Waals surface area (Å²) < 4.78 is 0. The monoisotopic (exact) mass is 188 g/mol. The van der Waals surface area contributed by atoms with Crippen molar-refractivity contribution >= 4 is 0 Å². The molecular formula is C7H12N2O4. The van der Waals surface area contributed by atoms with Gasteiger partial charge in [-0.1, -0.05) is 6.42 Å². The third-order valence-electron chi connectivity index (χ3n) is 2.58. The molecule has 13 heavy (non-hydrogen) atoms. The molecule has 0 aromatic heterocycles. The van der Waals surface area contributed by atoms with E-state index in [0.717, 1.165) is 19.3 Å². The van der Waals surface area contributed by atoms with E-state index >= 15 is 0 Å². The largest absolute Gasteiger partial charge is 0.265 e. The molecule has 0 bridgehead atoms. The quantitative estimate of drug-likeness (QED) is 0.485. The molecule has 0 unspecified atom stereocenters. The topological polar surface area (TPSA) is 86.3 Å². The molecule has 1 fully saturated rings. The fourth-order valence-electron chi connectivity index (χ4n) is 1.98. The van der Waals surface area contributed by atoms with Crippen molar-refractivity contribution in [1.82, 2.24) is 0 Å². The van der Waals surface area contributed by atoms with Crippen molar-refractivity contribution in [2.75, 3.05) is 13.1 Å². The lowest BCUT2D eigenvalue weighted by Crippen LogP contribution is -2.24. The van der Waals surface area contributed by atoms with E-state index in [-0.39, 0.29) is 34.8 Å². The molecule has 0 saturated heterocycles. The summed E-state index contributed by atoms with van der Waals surface area (Å²) in [4.78, 5) is 19.7. The summed E-state index contributed by atoms with van der Waals surface area (Å²) in [6.45, 7) is -0.225. The molecule has 0 aliphatic heterocycles. The summed E-state index contributed by atoms with van der Waals surface area (Å²) >= 11 is 0. The van der Waals surface area contributed by atoms with Crippen LogP contribution in [0.2, 0.25) is 0 Å². The third kappa shape index (κ3) is 2.96. The summed E-state index contributed by atoms with van der Waals surface area (Å²) in [5.41, 5.74) is 0. The molecular weight excluding hydrogens is 176 g/mol. The van der Waals surface area contributed by atoms with Gasteiger partial charge in [0.25, 0.3) is 0 Å². The number of hydrogen-bond acceptors (Lipinski definition) is 4. The van der Waals surface area contributed by atoms with Crippen LogP contribution < -0.4 is 0 Å². The predicted molar refractivity (Wildman–Crippen MR) is 44.6 cm³/mol. The van der Waals surface area contributed by atoms with Gasteiger partial charge in [0.1, 0.15) is 0 Å². The Balaban J connectivity index is 2.43. The Morgan fingerprint density at radius 1 is 1.00 bits per heavy atom. The first-order valence-electron chi connectivity index (χ1n) is 4.33. The minimum Gasteiger partial charge on any atom is -0.265 e. The zero-order valence-corrected chi connectivity index (χ0v) is 7.22. The summed E-state index contributed by atoms with van der Waals surface area (Å²) in [5.74, 6) is -0.166. The summed E-state index contributed by atoms with van der Waals surface area (Å²) in [6.07, 6.45) is 2.41. The number of hydrogen-bond donors (Lipinski definition) is 0. The zero-order chi connectivity index (χ0) is 9.84. The fourth-order valence-corrected chi connectivity index (χ4v) is 1.98. The molecule has 0 N–H and O–H groups in total. The zero-order valence-electron chi connectivity index (χ0n) is 7.22. The van der Waals surface area contributed by atoms with Gasteiger partial charge >= 0.3 is 0 Å². The van der Waals surface area contributed by atoms with Gasteiger partial charge in [0.05, 0.1) is 0 Å². The Labute approximate surface area is 75.2 Å². The first-order valence-corrected chi connectivity index (χ1v) is 4.33. The highest BCUT2D eigenvalue weighted by atomic mass is 16.6. The Bertz CT molecular complexity index is 197. The molecule has 74 valence electrons. The Morgan fingerprint density at radius 2 is 1.38 bits per heavy atom. The minimum absolute atomic E-state index is 0.0830. The van der Waals surface area contributed by atoms with Crippen LogP contribution in [0.4, 0.5) is 0 Å². The number of rotatable bonds is 4. The fraction of sp³-hybridized carbons (Fsp3) is 1.00. The molecule has 0 radical (unpaired) electrons. The van der Waals surface area contributed by atoms with E-state index in [4.69, 9.17) is 0 Å². The lowest BCUT2D eigenvalue weighted by Gasteiger charge is -2.10. The maximum Gasteiger partial charge on any atom is 0.207 e. The van der Waals surface area contributed by atoms with E-state index in [1.807, 2.05) is 0 Å². The van der Waals surface area contributed by atoms with Crippen LogP contribution >= 0.6 is 0 Å². The van der Waals surface area contributed by atoms with Crippen LogP contribution in [-0.4, -0.2) is 22.9 Å². The van der Waals surface area contributed by atoms with Gasteiger partial charge in [-0.15, -0.1) is 0 Å². The van der Waals surface area contributed by atoms with Crippen LogP contribution in [0.1, 0.15) is 19.3 Å². The van der Waals surface area contributed by atoms with Gasteiger partial charge in [0.15, 0.2) is 0 Å². The second-order valence-electron chi connectivity index (χ2n) is 3.48. The van der Waals surface area contributed by atoms with Crippen LogP contribution in [0.3, 0.4) is 0 Å². The Morgan fingerprint density at radius 3 is 1.69 bits per heavy atom. The Hall–Kier alpha value is -1.20. The average Bonchev–Trinajstić information content (AvgIpc) is 2.34. The van der Waals surface area contributed by atoms with Gasteiger partial charge in [0, 0.05) is 21.7 Å². The maximum atomic E-state index is 10.2. The van der Waals surface area contributed by atoms with Crippen molar-refractivity contribution in [1.29, 1.82) is 0 Å². The number of nitro groups is 2. The molecule has 1 aliphatic rings. The standard InChI is InChI=1S/C7H12N2O4/c10-8(11)4-6-2-1-3-7(6)5-9(12)13/h6-7H,1-5H2/t6-,7+. The third-order valence-corrected chi connectivity index (χ3v) is 2.58. The molecule has 6 nitrogen and oxygen atoms in total. The summed E-state index contributed by atoms with van der Waals surface area (Å²) in [7, 11) is 0. The van der Waals surface area contributed by atoms with Crippen molar-refractivity contribution < 1.29 is 9.85 Å². The molecule has 0 heterocycles. The second-order valence-corrected chi connectivity index (χ2v) is 3.48. The van der Waals surface area contributed by atoms with E-state index in [0.29, 0.717) is 0 Å². The molecule has 0 amide bonds. The van der Waals surface area contributed by atoms with Crippen molar-refractivity contribution in [2.24, 2.45) is 11.8 Å². The van der Waals surface area contributed by atoms with Crippen LogP contribution in [0.15, 0.2) is 0 Å². The molecule has 0 aromatic rings. The van der Waals surface area contributed by atoms with Crippen LogP contribution in [-0.2, 0) is 0 Å². The molecule has 1 aliphatic carbocycles. The van der Waals surface area contributed by atoms with Crippen LogP contribution in [0, 0.1) is 32.1 Å². The van der Waals surface area contributed by atoms with Gasteiger partial charge in [0.2, 0.25) is 13.1 Å². The number of nitrogens with zero attached hydrogens (tertiary/aromatic N) is 2. The van der Waals surface area contributed by atoms with Crippen molar-refractivity contribution in [3.05, 3.63) is 20.2 Å². The molecule has 6 heteroatoms. The van der Waals surface area contributed by atoms with Crippen LogP contribution in [0.25, 0.3) is 0 Å². The smallest absolute Gasteiger partial charge is 0.207 e. The van der Waals surface area contributed by atoms with E-state index in [1.165, 1.54) is 0 Å². The highest BCUT2D eigenvalue weighted by molar-refractivity contribution is 4.76. The van der Waals surface area contributed by atoms with E-state index in [2.05, 4.69) is 0 Å². The predicted octanol–water partition coefficient (Wildman–Crippen LogP) is 0.956. The van der Waals surface area contributed by atoms with Gasteiger partial charge < -0.3 is 0 Å². The van der Waals surface area contributed by atoms with Crippen molar-refractivity contribution in [2.45, 2.75) is 19.3 Å². The van der Waals surface area contributed by atoms with E-state index < -0.39 is 0 Å². The SMILES string of the molecule is O=[N+]([O-])C[C@H]1CCC[C@H]1C[N+](=O)[O-]. The van der Waals surface area contributed by atoms with Crippen LogP contribution in [0.5, 0.6) is 0 Å². The lowest BCUT2D eigenvalue weighted by molar-refractivity contribution is -0.506. The normalized spacial score (nSPS) is 27.4. The first kappa shape index (κ1) is 9.88. The van der Waals surface area contributed by atoms with Gasteiger partial charge in [-0.2, -0.15) is 0 Å². The first-order chi connectivity index (χ1) is 6.09. The molecule has 0 spiro atoms. The highest BCUT2D eigenvalue weighted by Gasteiger charge is 2.34. The van der Waals surface area contributed by atoms with E-state index in [1.54, 1.807) is 0 Å². The lowest BCUT2D eigenvalue weighted by atomic mass is 9.96. The minimum atomic E-state index is -0.372. The highest BCUT2D eigenvalue weighted by Crippen LogP contribution is 2.31. The maximum absolute atomic E-state index is 10.2. The second kappa shape index (κ2) is 4.15. The summed E-state index contributed by atoms with van der Waals surface area (Å²) in [5, 5.41) is 20.4. The van der Waals surface area contributed by atoms with Gasteiger partial charge in [-0.3, -0.25) is 20.2 Å². The van der Waals surface area contributed by atoms with Gasteiger partial charge in [-0.05, 0) is 12.8 Å².